The molecule has 0 saturated carbocycles. The molecule has 0 bridgehead atoms. The number of amides is 1. The van der Waals surface area contributed by atoms with E-state index in [4.69, 9.17) is 9.47 Å². The second-order valence-corrected chi connectivity index (χ2v) is 9.33. The number of rotatable bonds is 9. The highest BCUT2D eigenvalue weighted by molar-refractivity contribution is 7.92. The van der Waals surface area contributed by atoms with Crippen molar-refractivity contribution >= 4 is 21.6 Å². The van der Waals surface area contributed by atoms with E-state index in [9.17, 15) is 13.2 Å². The predicted molar refractivity (Wildman–Crippen MR) is 118 cm³/mol. The molecule has 2 aromatic carbocycles. The van der Waals surface area contributed by atoms with Gasteiger partial charge in [0.25, 0.3) is 10.0 Å². The van der Waals surface area contributed by atoms with Crippen LogP contribution in [0.2, 0.25) is 0 Å². The van der Waals surface area contributed by atoms with Crippen LogP contribution in [0.4, 0.5) is 5.69 Å². The Morgan fingerprint density at radius 3 is 2.13 bits per heavy atom. The Morgan fingerprint density at radius 1 is 1.00 bits per heavy atom. The number of ether oxygens (including phenoxy) is 2. The predicted octanol–water partition coefficient (Wildman–Crippen LogP) is 3.37. The van der Waals surface area contributed by atoms with Crippen LogP contribution >= 0.6 is 0 Å². The molecule has 0 aliphatic rings. The molecule has 1 amide bonds. The van der Waals surface area contributed by atoms with Crippen molar-refractivity contribution in [3.63, 3.8) is 0 Å². The minimum absolute atomic E-state index is 0.0909. The number of hydrogen-bond donors (Lipinski definition) is 1. The average molecular weight is 435 g/mol. The van der Waals surface area contributed by atoms with Crippen molar-refractivity contribution in [1.82, 2.24) is 5.32 Å². The van der Waals surface area contributed by atoms with Crippen LogP contribution in [0.15, 0.2) is 47.4 Å². The Kier molecular flexibility index (Phi) is 7.72. The summed E-state index contributed by atoms with van der Waals surface area (Å²) in [5, 5.41) is 2.86. The van der Waals surface area contributed by atoms with Gasteiger partial charge in [0.1, 0.15) is 6.54 Å². The Morgan fingerprint density at radius 2 is 1.60 bits per heavy atom. The SMILES string of the molecule is COc1ccc(N(CC(=O)N[C@@H](C)C(C)C)S(=O)(=O)c2ccc(C)cc2)cc1OC. The normalized spacial score (nSPS) is 12.4. The molecule has 8 heteroatoms. The van der Waals surface area contributed by atoms with E-state index in [1.165, 1.54) is 26.4 Å². The van der Waals surface area contributed by atoms with Gasteiger partial charge in [-0.3, -0.25) is 9.10 Å². The van der Waals surface area contributed by atoms with Crippen LogP contribution in [0.25, 0.3) is 0 Å². The van der Waals surface area contributed by atoms with E-state index < -0.39 is 10.0 Å². The van der Waals surface area contributed by atoms with Crippen molar-refractivity contribution in [2.45, 2.75) is 38.6 Å². The maximum absolute atomic E-state index is 13.4. The molecule has 0 radical (unpaired) electrons. The zero-order chi connectivity index (χ0) is 22.5. The summed E-state index contributed by atoms with van der Waals surface area (Å²) in [5.41, 5.74) is 1.25. The largest absolute Gasteiger partial charge is 0.493 e. The van der Waals surface area contributed by atoms with Crippen molar-refractivity contribution in [1.29, 1.82) is 0 Å². The Labute approximate surface area is 179 Å². The van der Waals surface area contributed by atoms with Gasteiger partial charge in [-0.05, 0) is 44.0 Å². The number of aryl methyl sites for hydroxylation is 1. The number of nitrogens with one attached hydrogen (secondary N) is 1. The molecule has 0 heterocycles. The number of carbonyl (C=O) groups excluding carboxylic acids is 1. The Hall–Kier alpha value is -2.74. The van der Waals surface area contributed by atoms with E-state index in [0.717, 1.165) is 9.87 Å². The molecule has 2 aromatic rings. The zero-order valence-corrected chi connectivity index (χ0v) is 19.1. The minimum Gasteiger partial charge on any atom is -0.493 e. The van der Waals surface area contributed by atoms with Crippen molar-refractivity contribution in [2.75, 3.05) is 25.1 Å². The van der Waals surface area contributed by atoms with E-state index in [1.807, 2.05) is 27.7 Å². The monoisotopic (exact) mass is 434 g/mol. The number of benzene rings is 2. The van der Waals surface area contributed by atoms with E-state index in [-0.39, 0.29) is 29.3 Å². The van der Waals surface area contributed by atoms with Crippen LogP contribution < -0.4 is 19.1 Å². The van der Waals surface area contributed by atoms with Gasteiger partial charge < -0.3 is 14.8 Å². The molecule has 164 valence electrons. The highest BCUT2D eigenvalue weighted by Crippen LogP contribution is 2.33. The van der Waals surface area contributed by atoms with Crippen molar-refractivity contribution in [3.05, 3.63) is 48.0 Å². The fraction of sp³-hybridized carbons (Fsp3) is 0.409. The van der Waals surface area contributed by atoms with Crippen molar-refractivity contribution in [3.8, 4) is 11.5 Å². The molecule has 1 atom stereocenters. The summed E-state index contributed by atoms with van der Waals surface area (Å²) in [6, 6.07) is 11.2. The lowest BCUT2D eigenvalue weighted by Gasteiger charge is -2.26. The molecule has 0 aliphatic heterocycles. The number of sulfonamides is 1. The first-order valence-corrected chi connectivity index (χ1v) is 11.1. The lowest BCUT2D eigenvalue weighted by molar-refractivity contribution is -0.120. The molecule has 2 rings (SSSR count). The van der Waals surface area contributed by atoms with Crippen molar-refractivity contribution < 1.29 is 22.7 Å². The van der Waals surface area contributed by atoms with Gasteiger partial charge in [-0.2, -0.15) is 0 Å². The third-order valence-electron chi connectivity index (χ3n) is 4.94. The summed E-state index contributed by atoms with van der Waals surface area (Å²) < 4.78 is 38.5. The van der Waals surface area contributed by atoms with Crippen molar-refractivity contribution in [2.24, 2.45) is 5.92 Å². The van der Waals surface area contributed by atoms with E-state index in [2.05, 4.69) is 5.32 Å². The smallest absolute Gasteiger partial charge is 0.264 e. The molecule has 0 fully saturated rings. The zero-order valence-electron chi connectivity index (χ0n) is 18.3. The molecule has 1 N–H and O–H groups in total. The molecular weight excluding hydrogens is 404 g/mol. The van der Waals surface area contributed by atoms with Gasteiger partial charge in [-0.25, -0.2) is 8.42 Å². The highest BCUT2D eigenvalue weighted by Gasteiger charge is 2.28. The fourth-order valence-electron chi connectivity index (χ4n) is 2.73. The van der Waals surface area contributed by atoms with E-state index in [0.29, 0.717) is 17.2 Å². The van der Waals surface area contributed by atoms with Gasteiger partial charge in [0.2, 0.25) is 5.91 Å². The number of methoxy groups -OCH3 is 2. The van der Waals surface area contributed by atoms with Gasteiger partial charge in [0.15, 0.2) is 11.5 Å². The minimum atomic E-state index is -3.99. The summed E-state index contributed by atoms with van der Waals surface area (Å²) in [6.07, 6.45) is 0. The first kappa shape index (κ1) is 23.5. The molecular formula is C22H30N2O5S. The van der Waals surface area contributed by atoms with Gasteiger partial charge in [0, 0.05) is 12.1 Å². The van der Waals surface area contributed by atoms with Crippen LogP contribution in [-0.2, 0) is 14.8 Å². The van der Waals surface area contributed by atoms with Gasteiger partial charge in [-0.1, -0.05) is 31.5 Å². The maximum Gasteiger partial charge on any atom is 0.264 e. The van der Waals surface area contributed by atoms with Crippen LogP contribution in [0.3, 0.4) is 0 Å². The Balaban J connectivity index is 2.49. The van der Waals surface area contributed by atoms with E-state index in [1.54, 1.807) is 30.3 Å². The topological polar surface area (TPSA) is 84.9 Å². The molecule has 0 aliphatic carbocycles. The van der Waals surface area contributed by atoms with Crippen LogP contribution in [0.1, 0.15) is 26.3 Å². The Bertz CT molecular complexity index is 972. The van der Waals surface area contributed by atoms with Crippen LogP contribution in [-0.4, -0.2) is 41.1 Å². The summed E-state index contributed by atoms with van der Waals surface area (Å²) in [5.74, 6) is 0.667. The second-order valence-electron chi connectivity index (χ2n) is 7.46. The summed E-state index contributed by atoms with van der Waals surface area (Å²) in [7, 11) is -1.02. The number of carbonyl (C=O) groups is 1. The third-order valence-corrected chi connectivity index (χ3v) is 6.73. The van der Waals surface area contributed by atoms with Gasteiger partial charge in [-0.15, -0.1) is 0 Å². The number of nitrogens with zero attached hydrogens (tertiary/aromatic N) is 1. The summed E-state index contributed by atoms with van der Waals surface area (Å²) in [6.45, 7) is 7.38. The average Bonchev–Trinajstić information content (AvgIpc) is 2.71. The standard InChI is InChI=1S/C22H30N2O5S/c1-15(2)17(4)23-22(25)14-24(18-9-12-20(28-5)21(13-18)29-6)30(26,27)19-10-7-16(3)8-11-19/h7-13,15,17H,14H2,1-6H3,(H,23,25)/t17-/m0/s1. The van der Waals surface area contributed by atoms with Gasteiger partial charge >= 0.3 is 0 Å². The number of anilines is 1. The molecule has 7 nitrogen and oxygen atoms in total. The highest BCUT2D eigenvalue weighted by atomic mass is 32.2. The first-order chi connectivity index (χ1) is 14.1. The second kappa shape index (κ2) is 9.84. The lowest BCUT2D eigenvalue weighted by atomic mass is 10.1. The molecule has 0 spiro atoms. The molecule has 0 saturated heterocycles. The van der Waals surface area contributed by atoms with Crippen LogP contribution in [0.5, 0.6) is 11.5 Å². The molecule has 0 aromatic heterocycles. The third kappa shape index (κ3) is 5.44. The fourth-order valence-corrected chi connectivity index (χ4v) is 4.14. The maximum atomic E-state index is 13.4. The molecule has 0 unspecified atom stereocenters. The summed E-state index contributed by atoms with van der Waals surface area (Å²) >= 11 is 0. The van der Waals surface area contributed by atoms with Gasteiger partial charge in [0.05, 0.1) is 24.8 Å². The lowest BCUT2D eigenvalue weighted by Crippen LogP contribution is -2.45. The first-order valence-electron chi connectivity index (χ1n) is 9.71. The quantitative estimate of drug-likeness (QED) is 0.654. The van der Waals surface area contributed by atoms with Crippen LogP contribution in [0, 0.1) is 12.8 Å². The molecule has 30 heavy (non-hydrogen) atoms. The summed E-state index contributed by atoms with van der Waals surface area (Å²) in [4.78, 5) is 12.8. The van der Waals surface area contributed by atoms with E-state index >= 15 is 0 Å². The number of hydrogen-bond acceptors (Lipinski definition) is 5.